The number of thioether (sulfide) groups is 1. The maximum Gasteiger partial charge on any atom is 0.118 e. The van der Waals surface area contributed by atoms with Crippen LogP contribution in [0.25, 0.3) is 0 Å². The van der Waals surface area contributed by atoms with Gasteiger partial charge in [0.1, 0.15) is 5.75 Å². The van der Waals surface area contributed by atoms with Crippen LogP contribution in [0.5, 0.6) is 5.75 Å². The molecular weight excluding hydrogens is 204 g/mol. The lowest BCUT2D eigenvalue weighted by Crippen LogP contribution is -1.89. The van der Waals surface area contributed by atoms with Crippen molar-refractivity contribution in [2.45, 2.75) is 20.8 Å². The summed E-state index contributed by atoms with van der Waals surface area (Å²) in [6.45, 7) is 6.71. The summed E-state index contributed by atoms with van der Waals surface area (Å²) in [4.78, 5) is 0. The van der Waals surface area contributed by atoms with E-state index in [2.05, 4.69) is 20.8 Å². The van der Waals surface area contributed by atoms with Crippen LogP contribution in [0.4, 0.5) is 0 Å². The summed E-state index contributed by atoms with van der Waals surface area (Å²) in [6, 6.07) is 9.68. The molecule has 86 valence electrons. The number of methoxy groups -OCH3 is 1. The molecule has 0 aliphatic heterocycles. The van der Waals surface area contributed by atoms with E-state index in [-0.39, 0.29) is 0 Å². The molecule has 1 rings (SSSR count). The Kier molecular flexibility index (Phi) is 9.49. The number of hydrogen-bond acceptors (Lipinski definition) is 2. The first kappa shape index (κ1) is 14.4. The molecule has 1 nitrogen and oxygen atoms in total. The zero-order chi connectivity index (χ0) is 11.5. The van der Waals surface area contributed by atoms with Gasteiger partial charge in [-0.05, 0) is 29.6 Å². The van der Waals surface area contributed by atoms with Crippen LogP contribution in [-0.4, -0.2) is 18.6 Å². The second-order valence-electron chi connectivity index (χ2n) is 3.57. The van der Waals surface area contributed by atoms with E-state index >= 15 is 0 Å². The lowest BCUT2D eigenvalue weighted by molar-refractivity contribution is 0.415. The first-order chi connectivity index (χ1) is 7.20. The van der Waals surface area contributed by atoms with Gasteiger partial charge >= 0.3 is 0 Å². The molecular formula is C13H22OS. The highest BCUT2D eigenvalue weighted by Gasteiger charge is 1.88. The number of ether oxygens (including phenoxy) is 1. The lowest BCUT2D eigenvalue weighted by Gasteiger charge is -1.98. The molecule has 1 aromatic rings. The van der Waals surface area contributed by atoms with Crippen molar-refractivity contribution in [3.8, 4) is 5.75 Å². The minimum Gasteiger partial charge on any atom is -0.497 e. The minimum absolute atomic E-state index is 0.866. The van der Waals surface area contributed by atoms with Crippen LogP contribution in [-0.2, 0) is 0 Å². The normalized spacial score (nSPS) is 9.40. The van der Waals surface area contributed by atoms with Crippen molar-refractivity contribution in [2.75, 3.05) is 18.6 Å². The Morgan fingerprint density at radius 2 is 1.80 bits per heavy atom. The molecule has 0 fully saturated rings. The minimum atomic E-state index is 0.866. The van der Waals surface area contributed by atoms with E-state index in [1.165, 1.54) is 11.5 Å². The number of para-hydroxylation sites is 1. The van der Waals surface area contributed by atoms with Gasteiger partial charge in [0.25, 0.3) is 0 Å². The smallest absolute Gasteiger partial charge is 0.118 e. The molecule has 0 radical (unpaired) electrons. The first-order valence-electron chi connectivity index (χ1n) is 5.37. The van der Waals surface area contributed by atoms with Gasteiger partial charge in [0, 0.05) is 0 Å². The van der Waals surface area contributed by atoms with Crippen LogP contribution < -0.4 is 4.74 Å². The van der Waals surface area contributed by atoms with E-state index in [1.807, 2.05) is 42.1 Å². The van der Waals surface area contributed by atoms with Crippen LogP contribution in [0.1, 0.15) is 20.8 Å². The first-order valence-corrected chi connectivity index (χ1v) is 6.53. The lowest BCUT2D eigenvalue weighted by atomic mass is 10.3. The summed E-state index contributed by atoms with van der Waals surface area (Å²) in [5.74, 6) is 4.35. The van der Waals surface area contributed by atoms with E-state index in [0.717, 1.165) is 11.7 Å². The SMILES string of the molecule is CCSCC(C)C.COc1ccccc1. The van der Waals surface area contributed by atoms with E-state index in [0.29, 0.717) is 0 Å². The Morgan fingerprint density at radius 1 is 1.20 bits per heavy atom. The Morgan fingerprint density at radius 3 is 2.07 bits per heavy atom. The molecule has 0 N–H and O–H groups in total. The molecule has 0 unspecified atom stereocenters. The van der Waals surface area contributed by atoms with E-state index < -0.39 is 0 Å². The zero-order valence-electron chi connectivity index (χ0n) is 10.2. The maximum absolute atomic E-state index is 4.91. The molecule has 0 saturated carbocycles. The second kappa shape index (κ2) is 9.91. The van der Waals surface area contributed by atoms with Crippen LogP contribution in [0.3, 0.4) is 0 Å². The fraction of sp³-hybridized carbons (Fsp3) is 0.538. The molecule has 1 aromatic carbocycles. The average molecular weight is 226 g/mol. The van der Waals surface area contributed by atoms with Gasteiger partial charge in [-0.15, -0.1) is 0 Å². The summed E-state index contributed by atoms with van der Waals surface area (Å²) in [6.07, 6.45) is 0. The third-order valence-electron chi connectivity index (χ3n) is 1.63. The molecule has 15 heavy (non-hydrogen) atoms. The van der Waals surface area contributed by atoms with Gasteiger partial charge in [-0.25, -0.2) is 0 Å². The maximum atomic E-state index is 4.91. The summed E-state index contributed by atoms with van der Waals surface area (Å²) in [5.41, 5.74) is 0. The predicted molar refractivity (Wildman–Crippen MR) is 70.8 cm³/mol. The number of hydrogen-bond donors (Lipinski definition) is 0. The van der Waals surface area contributed by atoms with Crippen molar-refractivity contribution in [1.29, 1.82) is 0 Å². The Bertz CT molecular complexity index is 221. The Labute approximate surface area is 98.2 Å². The molecule has 0 saturated heterocycles. The molecule has 0 spiro atoms. The van der Waals surface area contributed by atoms with Crippen LogP contribution >= 0.6 is 11.8 Å². The molecule has 0 amide bonds. The predicted octanol–water partition coefficient (Wildman–Crippen LogP) is 4.09. The summed E-state index contributed by atoms with van der Waals surface area (Å²) in [5, 5.41) is 0. The topological polar surface area (TPSA) is 9.23 Å². The molecule has 0 aliphatic rings. The van der Waals surface area contributed by atoms with Crippen molar-refractivity contribution in [1.82, 2.24) is 0 Å². The third kappa shape index (κ3) is 9.67. The van der Waals surface area contributed by atoms with E-state index in [4.69, 9.17) is 4.74 Å². The van der Waals surface area contributed by atoms with Gasteiger partial charge in [-0.2, -0.15) is 11.8 Å². The molecule has 0 heterocycles. The Hall–Kier alpha value is -0.630. The fourth-order valence-electron chi connectivity index (χ4n) is 0.910. The Balaban J connectivity index is 0.000000265. The van der Waals surface area contributed by atoms with Gasteiger partial charge in [0.2, 0.25) is 0 Å². The van der Waals surface area contributed by atoms with Gasteiger partial charge in [-0.1, -0.05) is 39.0 Å². The molecule has 2 heteroatoms. The van der Waals surface area contributed by atoms with Crippen molar-refractivity contribution >= 4 is 11.8 Å². The third-order valence-corrected chi connectivity index (χ3v) is 2.94. The van der Waals surface area contributed by atoms with Gasteiger partial charge < -0.3 is 4.74 Å². The van der Waals surface area contributed by atoms with Gasteiger partial charge in [0.15, 0.2) is 0 Å². The van der Waals surface area contributed by atoms with Crippen molar-refractivity contribution in [2.24, 2.45) is 5.92 Å². The standard InChI is InChI=1S/C7H8O.C6H14S/c1-8-7-5-3-2-4-6-7;1-4-7-5-6(2)3/h2-6H,1H3;6H,4-5H2,1-3H3. The number of rotatable bonds is 4. The van der Waals surface area contributed by atoms with Crippen LogP contribution in [0, 0.1) is 5.92 Å². The summed E-state index contributed by atoms with van der Waals surface area (Å²) in [7, 11) is 1.66. The van der Waals surface area contributed by atoms with Crippen molar-refractivity contribution in [3.05, 3.63) is 30.3 Å². The summed E-state index contributed by atoms with van der Waals surface area (Å²) >= 11 is 2.02. The highest BCUT2D eigenvalue weighted by Crippen LogP contribution is 2.05. The monoisotopic (exact) mass is 226 g/mol. The van der Waals surface area contributed by atoms with E-state index in [9.17, 15) is 0 Å². The van der Waals surface area contributed by atoms with Crippen LogP contribution in [0.15, 0.2) is 30.3 Å². The van der Waals surface area contributed by atoms with Crippen molar-refractivity contribution < 1.29 is 4.74 Å². The van der Waals surface area contributed by atoms with E-state index in [1.54, 1.807) is 7.11 Å². The highest BCUT2D eigenvalue weighted by atomic mass is 32.2. The van der Waals surface area contributed by atoms with Gasteiger partial charge in [0.05, 0.1) is 7.11 Å². The largest absolute Gasteiger partial charge is 0.497 e. The highest BCUT2D eigenvalue weighted by molar-refractivity contribution is 7.99. The molecule has 0 aliphatic carbocycles. The zero-order valence-corrected chi connectivity index (χ0v) is 11.0. The molecule has 0 aromatic heterocycles. The quantitative estimate of drug-likeness (QED) is 0.764. The molecule has 0 bridgehead atoms. The fourth-order valence-corrected chi connectivity index (χ4v) is 1.62. The molecule has 0 atom stereocenters. The van der Waals surface area contributed by atoms with Gasteiger partial charge in [-0.3, -0.25) is 0 Å². The second-order valence-corrected chi connectivity index (χ2v) is 4.89. The van der Waals surface area contributed by atoms with Crippen LogP contribution in [0.2, 0.25) is 0 Å². The van der Waals surface area contributed by atoms with Crippen molar-refractivity contribution in [3.63, 3.8) is 0 Å². The summed E-state index contributed by atoms with van der Waals surface area (Å²) < 4.78 is 4.91. The average Bonchev–Trinajstić information content (AvgIpc) is 2.28. The number of benzene rings is 1.